The fourth-order valence-corrected chi connectivity index (χ4v) is 1.63. The second-order valence-electron chi connectivity index (χ2n) is 3.89. The number of rotatable bonds is 5. The van der Waals surface area contributed by atoms with Gasteiger partial charge in [-0.05, 0) is 19.1 Å². The van der Waals surface area contributed by atoms with Crippen molar-refractivity contribution in [3.05, 3.63) is 17.7 Å². The van der Waals surface area contributed by atoms with Gasteiger partial charge >= 0.3 is 5.97 Å². The van der Waals surface area contributed by atoms with Gasteiger partial charge in [-0.1, -0.05) is 0 Å². The molecule has 0 heterocycles. The molecular weight excluding hydrogens is 238 g/mol. The minimum atomic E-state index is -1.58. The molecule has 100 valence electrons. The zero-order valence-electron chi connectivity index (χ0n) is 10.8. The number of carboxylic acid groups (broad SMARTS) is 1. The highest BCUT2D eigenvalue weighted by molar-refractivity contribution is 5.82. The van der Waals surface area contributed by atoms with Gasteiger partial charge in [0.1, 0.15) is 5.54 Å². The number of methoxy groups -OCH3 is 3. The van der Waals surface area contributed by atoms with E-state index in [1.165, 1.54) is 28.3 Å². The highest BCUT2D eigenvalue weighted by atomic mass is 16.5. The predicted molar refractivity (Wildman–Crippen MR) is 65.3 cm³/mol. The lowest BCUT2D eigenvalue weighted by atomic mass is 9.92. The Morgan fingerprint density at radius 2 is 1.72 bits per heavy atom. The molecule has 0 fully saturated rings. The van der Waals surface area contributed by atoms with Crippen LogP contribution in [0.1, 0.15) is 12.5 Å². The molecule has 0 aliphatic rings. The SMILES string of the molecule is COc1ccc(C(C)(N)C(=O)O)c(OC)c1OC. The second kappa shape index (κ2) is 5.14. The monoisotopic (exact) mass is 255 g/mol. The van der Waals surface area contributed by atoms with Crippen LogP contribution >= 0.6 is 0 Å². The van der Waals surface area contributed by atoms with Gasteiger partial charge in [-0.2, -0.15) is 0 Å². The van der Waals surface area contributed by atoms with Gasteiger partial charge in [0, 0.05) is 5.56 Å². The average molecular weight is 255 g/mol. The summed E-state index contributed by atoms with van der Waals surface area (Å²) in [7, 11) is 4.34. The Kier molecular flexibility index (Phi) is 4.03. The Labute approximate surface area is 105 Å². The number of carboxylic acids is 1. The summed E-state index contributed by atoms with van der Waals surface area (Å²) in [6.07, 6.45) is 0. The fourth-order valence-electron chi connectivity index (χ4n) is 1.63. The van der Waals surface area contributed by atoms with E-state index in [2.05, 4.69) is 0 Å². The molecule has 18 heavy (non-hydrogen) atoms. The number of hydrogen-bond acceptors (Lipinski definition) is 5. The van der Waals surface area contributed by atoms with Crippen molar-refractivity contribution in [3.63, 3.8) is 0 Å². The minimum absolute atomic E-state index is 0.254. The lowest BCUT2D eigenvalue weighted by molar-refractivity contribution is -0.143. The van der Waals surface area contributed by atoms with Gasteiger partial charge in [-0.25, -0.2) is 4.79 Å². The molecule has 0 radical (unpaired) electrons. The summed E-state index contributed by atoms with van der Waals surface area (Å²) >= 11 is 0. The van der Waals surface area contributed by atoms with Gasteiger partial charge in [0.25, 0.3) is 0 Å². The Morgan fingerprint density at radius 3 is 2.11 bits per heavy atom. The molecule has 0 saturated heterocycles. The Hall–Kier alpha value is -1.95. The van der Waals surface area contributed by atoms with Gasteiger partial charge in [0.05, 0.1) is 21.3 Å². The third kappa shape index (κ3) is 2.19. The minimum Gasteiger partial charge on any atom is -0.493 e. The van der Waals surface area contributed by atoms with Crippen LogP contribution in [0.2, 0.25) is 0 Å². The highest BCUT2D eigenvalue weighted by Crippen LogP contribution is 2.42. The molecule has 1 atom stereocenters. The smallest absolute Gasteiger partial charge is 0.328 e. The van der Waals surface area contributed by atoms with Gasteiger partial charge in [-0.15, -0.1) is 0 Å². The molecular formula is C12H17NO5. The van der Waals surface area contributed by atoms with E-state index in [1.54, 1.807) is 12.1 Å². The van der Waals surface area contributed by atoms with Gasteiger partial charge in [0.15, 0.2) is 11.5 Å². The number of benzene rings is 1. The number of carbonyl (C=O) groups is 1. The molecule has 0 bridgehead atoms. The van der Waals surface area contributed by atoms with Crippen LogP contribution in [0, 0.1) is 0 Å². The van der Waals surface area contributed by atoms with Crippen LogP contribution < -0.4 is 19.9 Å². The molecule has 0 aliphatic heterocycles. The van der Waals surface area contributed by atoms with Crippen LogP contribution in [0.15, 0.2) is 12.1 Å². The first-order valence-corrected chi connectivity index (χ1v) is 5.21. The summed E-state index contributed by atoms with van der Waals surface area (Å²) in [5.41, 5.74) is 4.53. The van der Waals surface area contributed by atoms with Gasteiger partial charge < -0.3 is 25.1 Å². The molecule has 6 nitrogen and oxygen atoms in total. The summed E-state index contributed by atoms with van der Waals surface area (Å²) in [4.78, 5) is 11.2. The normalized spacial score (nSPS) is 13.6. The van der Waals surface area contributed by atoms with Crippen molar-refractivity contribution in [2.45, 2.75) is 12.5 Å². The molecule has 3 N–H and O–H groups in total. The van der Waals surface area contributed by atoms with E-state index in [0.29, 0.717) is 17.1 Å². The van der Waals surface area contributed by atoms with Crippen LogP contribution in [0.4, 0.5) is 0 Å². The molecule has 0 spiro atoms. The number of hydrogen-bond donors (Lipinski definition) is 2. The van der Waals surface area contributed by atoms with Gasteiger partial charge in [-0.3, -0.25) is 0 Å². The van der Waals surface area contributed by atoms with E-state index in [0.717, 1.165) is 0 Å². The lowest BCUT2D eigenvalue weighted by Gasteiger charge is -2.24. The molecule has 1 aromatic carbocycles. The lowest BCUT2D eigenvalue weighted by Crippen LogP contribution is -2.42. The zero-order chi connectivity index (χ0) is 13.9. The van der Waals surface area contributed by atoms with E-state index < -0.39 is 11.5 Å². The summed E-state index contributed by atoms with van der Waals surface area (Å²) in [6, 6.07) is 3.14. The van der Waals surface area contributed by atoms with E-state index in [1.807, 2.05) is 0 Å². The molecule has 1 unspecified atom stereocenters. The summed E-state index contributed by atoms with van der Waals surface area (Å²) < 4.78 is 15.5. The Morgan fingerprint density at radius 1 is 1.17 bits per heavy atom. The van der Waals surface area contributed by atoms with Crippen LogP contribution in [-0.2, 0) is 10.3 Å². The number of ether oxygens (including phenoxy) is 3. The molecule has 0 aliphatic carbocycles. The molecule has 0 amide bonds. The summed E-state index contributed by atoms with van der Waals surface area (Å²) in [5, 5.41) is 9.15. The second-order valence-corrected chi connectivity index (χ2v) is 3.89. The van der Waals surface area contributed by atoms with Crippen LogP contribution in [-0.4, -0.2) is 32.4 Å². The zero-order valence-corrected chi connectivity index (χ0v) is 10.8. The maximum Gasteiger partial charge on any atom is 0.328 e. The maximum atomic E-state index is 11.2. The number of nitrogens with two attached hydrogens (primary N) is 1. The average Bonchev–Trinajstić information content (AvgIpc) is 2.36. The molecule has 6 heteroatoms. The predicted octanol–water partition coefficient (Wildman–Crippen LogP) is 0.971. The van der Waals surface area contributed by atoms with E-state index in [9.17, 15) is 4.79 Å². The summed E-state index contributed by atoms with van der Waals surface area (Å²) in [6.45, 7) is 1.39. The summed E-state index contributed by atoms with van der Waals surface area (Å²) in [5.74, 6) is -0.146. The third-order valence-corrected chi connectivity index (χ3v) is 2.71. The molecule has 1 aromatic rings. The first kappa shape index (κ1) is 14.1. The molecule has 0 saturated carbocycles. The largest absolute Gasteiger partial charge is 0.493 e. The topological polar surface area (TPSA) is 91.0 Å². The van der Waals surface area contributed by atoms with E-state index >= 15 is 0 Å². The third-order valence-electron chi connectivity index (χ3n) is 2.71. The first-order chi connectivity index (χ1) is 8.39. The first-order valence-electron chi connectivity index (χ1n) is 5.21. The van der Waals surface area contributed by atoms with Crippen LogP contribution in [0.3, 0.4) is 0 Å². The maximum absolute atomic E-state index is 11.2. The van der Waals surface area contributed by atoms with Crippen molar-refractivity contribution in [1.29, 1.82) is 0 Å². The van der Waals surface area contributed by atoms with Gasteiger partial charge in [0.2, 0.25) is 5.75 Å². The Balaban J connectivity index is 3.52. The van der Waals surface area contributed by atoms with Crippen molar-refractivity contribution in [3.8, 4) is 17.2 Å². The Bertz CT molecular complexity index is 456. The van der Waals surface area contributed by atoms with Crippen LogP contribution in [0.25, 0.3) is 0 Å². The van der Waals surface area contributed by atoms with E-state index in [-0.39, 0.29) is 5.75 Å². The van der Waals surface area contributed by atoms with Crippen molar-refractivity contribution in [2.75, 3.05) is 21.3 Å². The standard InChI is InChI=1S/C12H17NO5/c1-12(13,11(14)15)7-5-6-8(16-2)10(18-4)9(7)17-3/h5-6H,13H2,1-4H3,(H,14,15). The van der Waals surface area contributed by atoms with Crippen molar-refractivity contribution in [1.82, 2.24) is 0 Å². The molecule has 0 aromatic heterocycles. The van der Waals surface area contributed by atoms with Crippen molar-refractivity contribution < 1.29 is 24.1 Å². The van der Waals surface area contributed by atoms with Crippen molar-refractivity contribution >= 4 is 5.97 Å². The number of aliphatic carboxylic acids is 1. The van der Waals surface area contributed by atoms with Crippen LogP contribution in [0.5, 0.6) is 17.2 Å². The van der Waals surface area contributed by atoms with E-state index in [4.69, 9.17) is 25.1 Å². The molecule has 1 rings (SSSR count). The quantitative estimate of drug-likeness (QED) is 0.814. The highest BCUT2D eigenvalue weighted by Gasteiger charge is 2.35. The van der Waals surface area contributed by atoms with Crippen molar-refractivity contribution in [2.24, 2.45) is 5.73 Å². The fraction of sp³-hybridized carbons (Fsp3) is 0.417.